The summed E-state index contributed by atoms with van der Waals surface area (Å²) >= 11 is 0. The number of fused-ring (bicyclic) bond motifs is 2. The first-order valence-electron chi connectivity index (χ1n) is 10.7. The number of nitrogens with one attached hydrogen (secondary N) is 1. The second-order valence-corrected chi connectivity index (χ2v) is 7.94. The lowest BCUT2D eigenvalue weighted by atomic mass is 9.95. The average Bonchev–Trinajstić information content (AvgIpc) is 3.24. The molecule has 2 aliphatic heterocycles. The molecule has 2 aliphatic rings. The Morgan fingerprint density at radius 2 is 1.72 bits per heavy atom. The lowest BCUT2D eigenvalue weighted by Gasteiger charge is -2.19. The zero-order valence-electron chi connectivity index (χ0n) is 17.7. The van der Waals surface area contributed by atoms with Crippen molar-refractivity contribution in [3.05, 3.63) is 77.4 Å². The highest BCUT2D eigenvalue weighted by molar-refractivity contribution is 6.00. The molecule has 0 aromatic heterocycles. The van der Waals surface area contributed by atoms with Crippen LogP contribution in [0.25, 0.3) is 11.1 Å². The molecular weight excluding hydrogens is 406 g/mol. The van der Waals surface area contributed by atoms with E-state index in [1.807, 2.05) is 36.4 Å². The number of hydrogen-bond donors (Lipinski definition) is 1. The topological polar surface area (TPSA) is 73.9 Å². The Morgan fingerprint density at radius 3 is 2.56 bits per heavy atom. The Morgan fingerprint density at radius 1 is 0.938 bits per heavy atom. The molecule has 0 bridgehead atoms. The fourth-order valence-corrected chi connectivity index (χ4v) is 4.14. The van der Waals surface area contributed by atoms with Crippen molar-refractivity contribution in [3.63, 3.8) is 0 Å². The molecule has 32 heavy (non-hydrogen) atoms. The summed E-state index contributed by atoms with van der Waals surface area (Å²) in [6.45, 7) is 2.96. The van der Waals surface area contributed by atoms with Gasteiger partial charge in [-0.05, 0) is 53.9 Å². The average molecular weight is 429 g/mol. The molecule has 1 N–H and O–H groups in total. The van der Waals surface area contributed by atoms with Crippen molar-refractivity contribution in [1.29, 1.82) is 0 Å². The molecule has 0 fully saturated rings. The van der Waals surface area contributed by atoms with E-state index in [1.165, 1.54) is 0 Å². The van der Waals surface area contributed by atoms with Crippen molar-refractivity contribution in [2.45, 2.75) is 19.4 Å². The van der Waals surface area contributed by atoms with Gasteiger partial charge >= 0.3 is 0 Å². The smallest absolute Gasteiger partial charge is 0.251 e. The number of Topliss-reactive ketones (excluding diaryl/α,β-unsaturated/α-hetero) is 1. The van der Waals surface area contributed by atoms with Crippen molar-refractivity contribution >= 4 is 11.7 Å². The summed E-state index contributed by atoms with van der Waals surface area (Å²) in [5, 5.41) is 2.95. The molecule has 2 heterocycles. The van der Waals surface area contributed by atoms with Crippen molar-refractivity contribution in [3.8, 4) is 28.4 Å². The minimum absolute atomic E-state index is 0.0390. The molecule has 0 saturated heterocycles. The number of benzene rings is 3. The molecule has 0 radical (unpaired) electrons. The molecule has 0 unspecified atom stereocenters. The molecular formula is C26H23NO5. The Kier molecular flexibility index (Phi) is 5.27. The number of rotatable bonds is 5. The van der Waals surface area contributed by atoms with Crippen molar-refractivity contribution in [2.24, 2.45) is 0 Å². The first kappa shape index (κ1) is 20.1. The van der Waals surface area contributed by atoms with Crippen molar-refractivity contribution in [1.82, 2.24) is 5.32 Å². The van der Waals surface area contributed by atoms with Crippen LogP contribution in [0.5, 0.6) is 17.2 Å². The van der Waals surface area contributed by atoms with Crippen LogP contribution in [-0.2, 0) is 6.42 Å². The molecule has 6 nitrogen and oxygen atoms in total. The third kappa shape index (κ3) is 3.91. The zero-order chi connectivity index (χ0) is 22.1. The SMILES string of the molecule is CC(=O)c1ccccc1-c1ccc2c(c1)C[C@@H](CNC(=O)c1ccc3c(c1)OCCO3)O2. The second-order valence-electron chi connectivity index (χ2n) is 7.94. The van der Waals surface area contributed by atoms with Gasteiger partial charge in [-0.15, -0.1) is 0 Å². The summed E-state index contributed by atoms with van der Waals surface area (Å²) in [5.41, 5.74) is 4.19. The molecule has 1 atom stereocenters. The maximum atomic E-state index is 12.6. The van der Waals surface area contributed by atoms with Gasteiger partial charge in [0.2, 0.25) is 0 Å². The molecule has 6 heteroatoms. The second kappa shape index (κ2) is 8.38. The Bertz CT molecular complexity index is 1200. The van der Waals surface area contributed by atoms with E-state index in [9.17, 15) is 9.59 Å². The molecule has 0 aliphatic carbocycles. The summed E-state index contributed by atoms with van der Waals surface area (Å²) in [6, 6.07) is 18.8. The minimum Gasteiger partial charge on any atom is -0.488 e. The van der Waals surface area contributed by atoms with Crippen LogP contribution in [0.4, 0.5) is 0 Å². The number of hydrogen-bond acceptors (Lipinski definition) is 5. The van der Waals surface area contributed by atoms with Gasteiger partial charge in [-0.1, -0.05) is 30.3 Å². The third-order valence-corrected chi connectivity index (χ3v) is 5.71. The first-order chi connectivity index (χ1) is 15.6. The van der Waals surface area contributed by atoms with E-state index in [2.05, 4.69) is 11.4 Å². The van der Waals surface area contributed by atoms with E-state index >= 15 is 0 Å². The summed E-state index contributed by atoms with van der Waals surface area (Å²) in [6.07, 6.45) is 0.539. The summed E-state index contributed by atoms with van der Waals surface area (Å²) in [4.78, 5) is 24.6. The van der Waals surface area contributed by atoms with Crippen LogP contribution >= 0.6 is 0 Å². The Hall–Kier alpha value is -3.80. The summed E-state index contributed by atoms with van der Waals surface area (Å²) in [7, 11) is 0. The van der Waals surface area contributed by atoms with Gasteiger partial charge in [-0.25, -0.2) is 0 Å². The standard InChI is InChI=1S/C26H23NO5/c1-16(28)21-4-2-3-5-22(21)17-6-8-23-19(12-17)13-20(32-23)15-27-26(29)18-7-9-24-25(14-18)31-11-10-30-24/h2-9,12,14,20H,10-11,13,15H2,1H3,(H,27,29)/t20-/m0/s1. The highest BCUT2D eigenvalue weighted by Crippen LogP contribution is 2.34. The molecule has 3 aromatic carbocycles. The molecule has 1 amide bonds. The van der Waals surface area contributed by atoms with Gasteiger partial charge in [0.15, 0.2) is 17.3 Å². The predicted molar refractivity (Wildman–Crippen MR) is 120 cm³/mol. The van der Waals surface area contributed by atoms with E-state index < -0.39 is 0 Å². The quantitative estimate of drug-likeness (QED) is 0.619. The fourth-order valence-electron chi connectivity index (χ4n) is 4.14. The molecule has 162 valence electrons. The van der Waals surface area contributed by atoms with Gasteiger partial charge in [-0.3, -0.25) is 9.59 Å². The lowest BCUT2D eigenvalue weighted by Crippen LogP contribution is -2.34. The maximum absolute atomic E-state index is 12.6. The lowest BCUT2D eigenvalue weighted by molar-refractivity contribution is 0.0931. The first-order valence-corrected chi connectivity index (χ1v) is 10.7. The van der Waals surface area contributed by atoms with E-state index in [0.29, 0.717) is 48.8 Å². The zero-order valence-corrected chi connectivity index (χ0v) is 17.7. The Balaban J connectivity index is 1.25. The van der Waals surface area contributed by atoms with Crippen LogP contribution in [0.1, 0.15) is 33.2 Å². The predicted octanol–water partition coefficient (Wildman–Crippen LogP) is 4.06. The number of ether oxygens (including phenoxy) is 3. The fraction of sp³-hybridized carbons (Fsp3) is 0.231. The van der Waals surface area contributed by atoms with Gasteiger partial charge in [0.1, 0.15) is 25.1 Å². The van der Waals surface area contributed by atoms with Gasteiger partial charge in [0, 0.05) is 17.5 Å². The summed E-state index contributed by atoms with van der Waals surface area (Å²) in [5.74, 6) is 1.92. The highest BCUT2D eigenvalue weighted by Gasteiger charge is 2.25. The van der Waals surface area contributed by atoms with Crippen LogP contribution in [0, 0.1) is 0 Å². The largest absolute Gasteiger partial charge is 0.488 e. The maximum Gasteiger partial charge on any atom is 0.251 e. The van der Waals surface area contributed by atoms with Gasteiger partial charge in [0.25, 0.3) is 5.91 Å². The van der Waals surface area contributed by atoms with Crippen LogP contribution in [0.15, 0.2) is 60.7 Å². The van der Waals surface area contributed by atoms with Gasteiger partial charge in [0.05, 0.1) is 6.54 Å². The van der Waals surface area contributed by atoms with E-state index in [4.69, 9.17) is 14.2 Å². The normalized spacial score (nSPS) is 16.1. The van der Waals surface area contributed by atoms with Gasteiger partial charge in [-0.2, -0.15) is 0 Å². The molecule has 5 rings (SSSR count). The van der Waals surface area contributed by atoms with E-state index in [-0.39, 0.29) is 17.8 Å². The minimum atomic E-state index is -0.183. The molecule has 0 saturated carbocycles. The number of carbonyl (C=O) groups is 2. The van der Waals surface area contributed by atoms with Crippen molar-refractivity contribution < 1.29 is 23.8 Å². The van der Waals surface area contributed by atoms with E-state index in [0.717, 1.165) is 22.4 Å². The van der Waals surface area contributed by atoms with Crippen LogP contribution < -0.4 is 19.5 Å². The third-order valence-electron chi connectivity index (χ3n) is 5.71. The highest BCUT2D eigenvalue weighted by atomic mass is 16.6. The number of amides is 1. The van der Waals surface area contributed by atoms with Gasteiger partial charge < -0.3 is 19.5 Å². The van der Waals surface area contributed by atoms with Crippen LogP contribution in [0.2, 0.25) is 0 Å². The summed E-state index contributed by atoms with van der Waals surface area (Å²) < 4.78 is 17.1. The number of carbonyl (C=O) groups excluding carboxylic acids is 2. The Labute approximate surface area is 186 Å². The van der Waals surface area contributed by atoms with E-state index in [1.54, 1.807) is 25.1 Å². The van der Waals surface area contributed by atoms with Crippen molar-refractivity contribution in [2.75, 3.05) is 19.8 Å². The number of ketones is 1. The molecule has 3 aromatic rings. The van der Waals surface area contributed by atoms with Crippen LogP contribution in [-0.4, -0.2) is 37.6 Å². The molecule has 0 spiro atoms. The van der Waals surface area contributed by atoms with Crippen LogP contribution in [0.3, 0.4) is 0 Å². The monoisotopic (exact) mass is 429 g/mol.